The number of benzene rings is 2. The van der Waals surface area contributed by atoms with Crippen molar-refractivity contribution in [2.75, 3.05) is 24.7 Å². The van der Waals surface area contributed by atoms with Crippen LogP contribution in [0.4, 0.5) is 5.69 Å². The fourth-order valence-electron chi connectivity index (χ4n) is 6.33. The van der Waals surface area contributed by atoms with Crippen LogP contribution in [0.5, 0.6) is 0 Å². The number of anilines is 1. The van der Waals surface area contributed by atoms with Crippen LogP contribution in [0.3, 0.4) is 0 Å². The quantitative estimate of drug-likeness (QED) is 0.226. The molecule has 0 amide bonds. The first-order valence-corrected chi connectivity index (χ1v) is 15.3. The Bertz CT molecular complexity index is 1360. The lowest BCUT2D eigenvalue weighted by molar-refractivity contribution is 0.104. The fraction of sp³-hybridized carbons (Fsp3) is 0.406. The number of aromatic nitrogens is 2. The van der Waals surface area contributed by atoms with Crippen molar-refractivity contribution in [1.29, 1.82) is 0 Å². The first-order chi connectivity index (χ1) is 18.7. The molecule has 0 spiro atoms. The average molecular weight is 525 g/mol. The van der Waals surface area contributed by atoms with Crippen LogP contribution in [-0.2, 0) is 25.7 Å². The van der Waals surface area contributed by atoms with E-state index >= 15 is 0 Å². The molecule has 6 rings (SSSR count). The van der Waals surface area contributed by atoms with Crippen molar-refractivity contribution in [3.8, 4) is 11.3 Å². The summed E-state index contributed by atoms with van der Waals surface area (Å²) in [4.78, 5) is 15.9. The second kappa shape index (κ2) is 11.4. The highest BCUT2D eigenvalue weighted by molar-refractivity contribution is 8.02. The van der Waals surface area contributed by atoms with E-state index < -0.39 is 0 Å². The second-order valence-electron chi connectivity index (χ2n) is 10.8. The van der Waals surface area contributed by atoms with E-state index in [0.29, 0.717) is 5.69 Å². The van der Waals surface area contributed by atoms with Crippen LogP contribution in [0.15, 0.2) is 59.6 Å². The lowest BCUT2D eigenvalue weighted by Gasteiger charge is -2.25. The van der Waals surface area contributed by atoms with Crippen LogP contribution in [0.1, 0.15) is 64.8 Å². The van der Waals surface area contributed by atoms with Crippen molar-refractivity contribution < 1.29 is 4.79 Å². The van der Waals surface area contributed by atoms with Gasteiger partial charge in [-0.15, -0.1) is 22.0 Å². The second-order valence-corrected chi connectivity index (χ2v) is 11.6. The number of nitrogens with one attached hydrogen (secondary N) is 1. The zero-order valence-electron chi connectivity index (χ0n) is 22.2. The number of rotatable bonds is 6. The first-order valence-electron chi connectivity index (χ1n) is 14.1. The van der Waals surface area contributed by atoms with Gasteiger partial charge >= 0.3 is 0 Å². The molecule has 1 saturated heterocycles. The zero-order valence-corrected chi connectivity index (χ0v) is 23.0. The first kappa shape index (κ1) is 25.3. The Morgan fingerprint density at radius 3 is 2.53 bits per heavy atom. The summed E-state index contributed by atoms with van der Waals surface area (Å²) in [6.45, 7) is 2.54. The summed E-state index contributed by atoms with van der Waals surface area (Å²) in [5, 5.41) is 13.2. The Labute approximate surface area is 230 Å². The number of carbonyl (C=O) groups excluding carboxylic acids is 1. The van der Waals surface area contributed by atoms with E-state index in [-0.39, 0.29) is 5.78 Å². The van der Waals surface area contributed by atoms with Crippen LogP contribution in [0.2, 0.25) is 0 Å². The summed E-state index contributed by atoms with van der Waals surface area (Å²) in [5.41, 5.74) is 8.85. The molecule has 1 N–H and O–H groups in total. The van der Waals surface area contributed by atoms with E-state index in [1.807, 2.05) is 18.4 Å². The predicted molar refractivity (Wildman–Crippen MR) is 157 cm³/mol. The Morgan fingerprint density at radius 2 is 1.68 bits per heavy atom. The predicted octanol–water partition coefficient (Wildman–Crippen LogP) is 6.47. The summed E-state index contributed by atoms with van der Waals surface area (Å²) in [7, 11) is 0. The molecule has 5 nitrogen and oxygen atoms in total. The van der Waals surface area contributed by atoms with Gasteiger partial charge in [-0.2, -0.15) is 0 Å². The number of carbonyl (C=O) groups is 1. The largest absolute Gasteiger partial charge is 0.350 e. The van der Waals surface area contributed by atoms with E-state index in [0.717, 1.165) is 65.7 Å². The molecule has 0 bridgehead atoms. The van der Waals surface area contributed by atoms with Gasteiger partial charge in [-0.05, 0) is 118 Å². The minimum Gasteiger partial charge on any atom is -0.350 e. The minimum atomic E-state index is -0.113. The molecule has 6 heteroatoms. The average Bonchev–Trinajstić information content (AvgIpc) is 3.31. The SMILES string of the molecule is CS/C(=C\C(=O)c1cc2c(nn1)-c1ccccc1CCC2)Nc1ccc2c(c1)CCC(N1CCCC1)CC2. The van der Waals surface area contributed by atoms with Crippen molar-refractivity contribution in [1.82, 2.24) is 15.1 Å². The number of hydrogen-bond donors (Lipinski definition) is 1. The van der Waals surface area contributed by atoms with Gasteiger partial charge in [0, 0.05) is 23.4 Å². The van der Waals surface area contributed by atoms with Gasteiger partial charge in [0.25, 0.3) is 0 Å². The molecule has 3 aliphatic rings. The van der Waals surface area contributed by atoms with E-state index in [2.05, 4.69) is 56.8 Å². The molecule has 1 aliphatic heterocycles. The highest BCUT2D eigenvalue weighted by atomic mass is 32.2. The maximum Gasteiger partial charge on any atom is 0.208 e. The number of ketones is 1. The highest BCUT2D eigenvalue weighted by Crippen LogP contribution is 2.31. The molecule has 0 radical (unpaired) electrons. The molecule has 2 aliphatic carbocycles. The lowest BCUT2D eigenvalue weighted by Crippen LogP contribution is -2.32. The van der Waals surface area contributed by atoms with Crippen LogP contribution in [0.25, 0.3) is 11.3 Å². The van der Waals surface area contributed by atoms with Crippen molar-refractivity contribution in [2.45, 2.75) is 63.8 Å². The Hall–Kier alpha value is -2.96. The third kappa shape index (κ3) is 5.43. The Morgan fingerprint density at radius 1 is 0.895 bits per heavy atom. The van der Waals surface area contributed by atoms with Crippen molar-refractivity contribution >= 4 is 23.2 Å². The number of thioether (sulfide) groups is 1. The topological polar surface area (TPSA) is 58.1 Å². The summed E-state index contributed by atoms with van der Waals surface area (Å²) in [6.07, 6.45) is 14.1. The van der Waals surface area contributed by atoms with Crippen LogP contribution < -0.4 is 5.32 Å². The van der Waals surface area contributed by atoms with E-state index in [1.54, 1.807) is 17.8 Å². The lowest BCUT2D eigenvalue weighted by atomic mass is 10.0. The fourth-order valence-corrected chi connectivity index (χ4v) is 6.77. The number of allylic oxidation sites excluding steroid dienone is 1. The van der Waals surface area contributed by atoms with Gasteiger partial charge < -0.3 is 10.2 Å². The van der Waals surface area contributed by atoms with E-state index in [1.165, 1.54) is 55.5 Å². The van der Waals surface area contributed by atoms with Crippen LogP contribution >= 0.6 is 11.8 Å². The molecule has 1 unspecified atom stereocenters. The smallest absolute Gasteiger partial charge is 0.208 e. The van der Waals surface area contributed by atoms with Gasteiger partial charge in [0.1, 0.15) is 5.69 Å². The maximum absolute atomic E-state index is 13.2. The van der Waals surface area contributed by atoms with Crippen LogP contribution in [-0.4, -0.2) is 46.3 Å². The Kier molecular flexibility index (Phi) is 7.61. The van der Waals surface area contributed by atoms with Gasteiger partial charge in [0.2, 0.25) is 5.78 Å². The van der Waals surface area contributed by atoms with Gasteiger partial charge in [0.15, 0.2) is 0 Å². The molecule has 2 aromatic carbocycles. The number of aryl methyl sites for hydroxylation is 4. The van der Waals surface area contributed by atoms with E-state index in [9.17, 15) is 4.79 Å². The summed E-state index contributed by atoms with van der Waals surface area (Å²) in [6, 6.07) is 17.8. The number of hydrogen-bond acceptors (Lipinski definition) is 6. The van der Waals surface area contributed by atoms with Crippen molar-refractivity contribution in [2.24, 2.45) is 0 Å². The number of nitrogens with zero attached hydrogens (tertiary/aromatic N) is 3. The molecule has 2 heterocycles. The highest BCUT2D eigenvalue weighted by Gasteiger charge is 2.24. The third-order valence-corrected chi connectivity index (χ3v) is 9.06. The Balaban J connectivity index is 1.17. The monoisotopic (exact) mass is 524 g/mol. The zero-order chi connectivity index (χ0) is 25.9. The van der Waals surface area contributed by atoms with Gasteiger partial charge in [-0.3, -0.25) is 4.79 Å². The molecule has 38 heavy (non-hydrogen) atoms. The van der Waals surface area contributed by atoms with Gasteiger partial charge in [0.05, 0.1) is 10.7 Å². The molecule has 0 saturated carbocycles. The molecular weight excluding hydrogens is 488 g/mol. The molecule has 1 atom stereocenters. The number of likely N-dealkylation sites (tertiary alicyclic amines) is 1. The summed E-state index contributed by atoms with van der Waals surface area (Å²) in [5.74, 6) is -0.113. The maximum atomic E-state index is 13.2. The van der Waals surface area contributed by atoms with Gasteiger partial charge in [-0.1, -0.05) is 30.3 Å². The summed E-state index contributed by atoms with van der Waals surface area (Å²) >= 11 is 1.54. The minimum absolute atomic E-state index is 0.113. The molecule has 196 valence electrons. The normalized spacial score (nSPS) is 19.6. The van der Waals surface area contributed by atoms with Crippen molar-refractivity contribution in [3.63, 3.8) is 0 Å². The standard InChI is InChI=1S/C32H36N4OS/c1-38-31(33-26-14-11-22-12-15-27(16-13-24(22)19-26)36-17-4-5-18-36)21-30(37)29-20-25-9-6-8-23-7-2-3-10-28(23)32(25)35-34-29/h2-3,7,10-11,14,19-21,27,33H,4-6,8-9,12-13,15-18H2,1H3/b31-21-. The van der Waals surface area contributed by atoms with Crippen LogP contribution in [0, 0.1) is 0 Å². The molecular formula is C32H36N4OS. The van der Waals surface area contributed by atoms with Gasteiger partial charge in [-0.25, -0.2) is 0 Å². The summed E-state index contributed by atoms with van der Waals surface area (Å²) < 4.78 is 0. The molecule has 1 fully saturated rings. The third-order valence-electron chi connectivity index (χ3n) is 8.40. The number of fused-ring (bicyclic) bond motifs is 4. The molecule has 1 aromatic heterocycles. The van der Waals surface area contributed by atoms with Crippen molar-refractivity contribution in [3.05, 3.63) is 87.6 Å². The molecule has 3 aromatic rings. The van der Waals surface area contributed by atoms with E-state index in [4.69, 9.17) is 0 Å².